The fourth-order valence-corrected chi connectivity index (χ4v) is 5.67. The smallest absolute Gasteiger partial charge is 0.306 e. The predicted molar refractivity (Wildman–Crippen MR) is 258 cm³/mol. The van der Waals surface area contributed by atoms with Crippen molar-refractivity contribution in [1.29, 1.82) is 0 Å². The van der Waals surface area contributed by atoms with Crippen molar-refractivity contribution in [2.75, 3.05) is 47.5 Å². The molecule has 346 valence electrons. The Balaban J connectivity index is 4.63. The highest BCUT2D eigenvalue weighted by Gasteiger charge is 2.21. The summed E-state index contributed by atoms with van der Waals surface area (Å²) < 4.78 is 33.7. The summed E-state index contributed by atoms with van der Waals surface area (Å²) in [4.78, 5) is 37.5. The number of phosphoric ester groups is 1. The first-order chi connectivity index (χ1) is 30.0. The molecule has 0 heterocycles. The molecule has 62 heavy (non-hydrogen) atoms. The lowest BCUT2D eigenvalue weighted by Gasteiger charge is -2.28. The predicted octanol–water partition coefficient (Wildman–Crippen LogP) is 12.6. The van der Waals surface area contributed by atoms with E-state index < -0.39 is 32.5 Å². The first kappa shape index (κ1) is 57.9. The van der Waals surface area contributed by atoms with Crippen molar-refractivity contribution in [1.82, 2.24) is 0 Å². The number of ether oxygens (including phenoxy) is 2. The Labute approximate surface area is 376 Å². The summed E-state index contributed by atoms with van der Waals surface area (Å²) in [5, 5.41) is 0. The van der Waals surface area contributed by atoms with Crippen LogP contribution in [0.25, 0.3) is 0 Å². The summed E-state index contributed by atoms with van der Waals surface area (Å²) >= 11 is 0. The minimum Gasteiger partial charge on any atom is -0.756 e. The van der Waals surface area contributed by atoms with Crippen molar-refractivity contribution in [2.45, 2.75) is 123 Å². The van der Waals surface area contributed by atoms with Crippen LogP contribution in [0.15, 0.2) is 146 Å². The van der Waals surface area contributed by atoms with E-state index in [1.54, 1.807) is 0 Å². The van der Waals surface area contributed by atoms with Crippen molar-refractivity contribution >= 4 is 19.8 Å². The van der Waals surface area contributed by atoms with Gasteiger partial charge in [-0.05, 0) is 89.9 Å². The monoisotopic (exact) mass is 878 g/mol. The quantitative estimate of drug-likeness (QED) is 0.0261. The minimum atomic E-state index is -4.68. The van der Waals surface area contributed by atoms with E-state index in [1.165, 1.54) is 0 Å². The Morgan fingerprint density at radius 1 is 0.484 bits per heavy atom. The number of rotatable bonds is 38. The largest absolute Gasteiger partial charge is 0.756 e. The number of hydrogen-bond donors (Lipinski definition) is 0. The van der Waals surface area contributed by atoms with E-state index in [4.69, 9.17) is 18.5 Å². The number of allylic oxidation sites excluding steroid dienone is 24. The van der Waals surface area contributed by atoms with Crippen LogP contribution in [-0.4, -0.2) is 70.0 Å². The van der Waals surface area contributed by atoms with Gasteiger partial charge in [-0.25, -0.2) is 0 Å². The average Bonchev–Trinajstić information content (AvgIpc) is 3.23. The van der Waals surface area contributed by atoms with Crippen molar-refractivity contribution in [3.05, 3.63) is 146 Å². The molecule has 0 rings (SSSR count). The third-order valence-corrected chi connectivity index (χ3v) is 9.35. The molecule has 1 unspecified atom stereocenters. The molecule has 0 saturated heterocycles. The van der Waals surface area contributed by atoms with Gasteiger partial charge in [-0.3, -0.25) is 14.2 Å². The maximum Gasteiger partial charge on any atom is 0.306 e. The SMILES string of the molecule is CC/C=C\C/C=C\C/C=C\C/C=C\C/C=C\C/C=C\CCC(=O)OC[C@H](COP(=O)([O-])OCC[N+](C)(C)C)OC(=O)CC/C=C/C/C=C\C/C=C\C/C=C\C/C=C\C/C=C\CC. The molecule has 0 aliphatic rings. The van der Waals surface area contributed by atoms with E-state index >= 15 is 0 Å². The van der Waals surface area contributed by atoms with Gasteiger partial charge in [0, 0.05) is 12.8 Å². The van der Waals surface area contributed by atoms with Gasteiger partial charge in [0.2, 0.25) is 0 Å². The van der Waals surface area contributed by atoms with Crippen LogP contribution in [-0.2, 0) is 32.7 Å². The van der Waals surface area contributed by atoms with Gasteiger partial charge in [-0.1, -0.05) is 160 Å². The first-order valence-corrected chi connectivity index (χ1v) is 24.0. The summed E-state index contributed by atoms with van der Waals surface area (Å²) in [6, 6.07) is 0. The molecule has 0 aromatic rings. The molecule has 0 N–H and O–H groups in total. The maximum atomic E-state index is 12.7. The van der Waals surface area contributed by atoms with E-state index in [0.717, 1.165) is 77.0 Å². The Hall–Kier alpha value is -4.11. The lowest BCUT2D eigenvalue weighted by molar-refractivity contribution is -0.870. The second-order valence-corrected chi connectivity index (χ2v) is 16.7. The van der Waals surface area contributed by atoms with Gasteiger partial charge in [0.1, 0.15) is 19.8 Å². The summed E-state index contributed by atoms with van der Waals surface area (Å²) in [5.74, 6) is -1.05. The number of nitrogens with zero attached hydrogens (tertiary/aromatic N) is 1. The van der Waals surface area contributed by atoms with Crippen LogP contribution >= 0.6 is 7.82 Å². The minimum absolute atomic E-state index is 0.0652. The molecule has 10 heteroatoms. The van der Waals surface area contributed by atoms with Gasteiger partial charge in [0.05, 0.1) is 27.7 Å². The Morgan fingerprint density at radius 2 is 0.806 bits per heavy atom. The number of phosphoric acid groups is 1. The van der Waals surface area contributed by atoms with Crippen LogP contribution in [0.3, 0.4) is 0 Å². The molecule has 0 radical (unpaired) electrons. The Morgan fingerprint density at radius 3 is 1.15 bits per heavy atom. The fraction of sp³-hybridized carbons (Fsp3) is 0.500. The molecule has 0 saturated carbocycles. The topological polar surface area (TPSA) is 111 Å². The lowest BCUT2D eigenvalue weighted by atomic mass is 10.2. The summed E-state index contributed by atoms with van der Waals surface area (Å²) in [7, 11) is 1.05. The number of carbonyl (C=O) groups is 2. The highest BCUT2D eigenvalue weighted by atomic mass is 31.2. The van der Waals surface area contributed by atoms with E-state index in [-0.39, 0.29) is 26.1 Å². The van der Waals surface area contributed by atoms with Gasteiger partial charge in [0.15, 0.2) is 6.10 Å². The van der Waals surface area contributed by atoms with Crippen LogP contribution in [0, 0.1) is 0 Å². The zero-order valence-corrected chi connectivity index (χ0v) is 39.6. The van der Waals surface area contributed by atoms with Crippen molar-refractivity contribution in [3.8, 4) is 0 Å². The van der Waals surface area contributed by atoms with Crippen molar-refractivity contribution < 1.29 is 42.1 Å². The molecule has 0 amide bonds. The molecule has 0 spiro atoms. The molecular weight excluding hydrogens is 798 g/mol. The molecule has 9 nitrogen and oxygen atoms in total. The Bertz CT molecular complexity index is 1550. The number of likely N-dealkylation sites (N-methyl/N-ethyl adjacent to an activating group) is 1. The van der Waals surface area contributed by atoms with Gasteiger partial charge in [-0.15, -0.1) is 0 Å². The normalized spacial score (nSPS) is 14.9. The zero-order valence-electron chi connectivity index (χ0n) is 38.7. The number of carbonyl (C=O) groups excluding carboxylic acids is 2. The maximum absolute atomic E-state index is 12.7. The van der Waals surface area contributed by atoms with Crippen LogP contribution in [0.2, 0.25) is 0 Å². The highest BCUT2D eigenvalue weighted by Crippen LogP contribution is 2.38. The van der Waals surface area contributed by atoms with Gasteiger partial charge < -0.3 is 27.9 Å². The molecule has 0 aromatic heterocycles. The van der Waals surface area contributed by atoms with Gasteiger partial charge in [0.25, 0.3) is 7.82 Å². The van der Waals surface area contributed by atoms with Crippen LogP contribution in [0.1, 0.15) is 117 Å². The molecule has 0 aliphatic carbocycles. The van der Waals surface area contributed by atoms with E-state index in [1.807, 2.05) is 45.4 Å². The first-order valence-electron chi connectivity index (χ1n) is 22.5. The third-order valence-electron chi connectivity index (χ3n) is 8.38. The van der Waals surface area contributed by atoms with E-state index in [0.29, 0.717) is 23.9 Å². The molecular formula is C52H80NO8P. The second kappa shape index (κ2) is 42.2. The standard InChI is InChI=1S/C52H80NO8P/c1-6-8-10-12-14-16-18-20-22-24-26-28-30-32-34-36-38-40-42-44-51(54)58-48-50(49-60-62(56,57)59-47-46-53(3,4)5)61-52(55)45-43-41-39-37-35-33-31-29-27-25-23-21-19-17-15-13-11-9-7-2/h8-11,14-17,20-23,26-29,32-35,38-41,50H,6-7,12-13,18-19,24-25,30-31,36-37,42-49H2,1-5H3/b10-8-,11-9-,16-14-,17-15-,22-20-,23-21-,28-26-,29-27-,34-32-,35-33-,40-38-,41-39+/t50-/m1/s1. The highest BCUT2D eigenvalue weighted by molar-refractivity contribution is 7.45. The number of esters is 2. The van der Waals surface area contributed by atoms with Crippen LogP contribution < -0.4 is 4.89 Å². The lowest BCUT2D eigenvalue weighted by Crippen LogP contribution is -2.37. The Kier molecular flexibility index (Phi) is 39.4. The van der Waals surface area contributed by atoms with E-state index in [2.05, 4.69) is 135 Å². The number of hydrogen-bond acceptors (Lipinski definition) is 8. The molecule has 0 fully saturated rings. The van der Waals surface area contributed by atoms with Crippen LogP contribution in [0.4, 0.5) is 0 Å². The van der Waals surface area contributed by atoms with Gasteiger partial charge in [-0.2, -0.15) is 0 Å². The fourth-order valence-electron chi connectivity index (χ4n) is 4.94. The molecule has 0 aliphatic heterocycles. The number of quaternary nitrogens is 1. The average molecular weight is 878 g/mol. The van der Waals surface area contributed by atoms with Gasteiger partial charge >= 0.3 is 11.9 Å². The summed E-state index contributed by atoms with van der Waals surface area (Å²) in [5.41, 5.74) is 0. The second-order valence-electron chi connectivity index (χ2n) is 15.3. The van der Waals surface area contributed by atoms with Crippen LogP contribution in [0.5, 0.6) is 0 Å². The zero-order chi connectivity index (χ0) is 45.7. The third kappa shape index (κ3) is 45.4. The molecule has 0 bridgehead atoms. The summed E-state index contributed by atoms with van der Waals surface area (Å²) in [6.45, 7) is 3.78. The van der Waals surface area contributed by atoms with E-state index in [9.17, 15) is 19.0 Å². The molecule has 2 atom stereocenters. The van der Waals surface area contributed by atoms with Crippen molar-refractivity contribution in [3.63, 3.8) is 0 Å². The molecule has 0 aromatic carbocycles. The summed E-state index contributed by atoms with van der Waals surface area (Å²) in [6.07, 6.45) is 62.0. The van der Waals surface area contributed by atoms with Crippen molar-refractivity contribution in [2.24, 2.45) is 0 Å².